The Kier molecular flexibility index (Phi) is 2.37. The van der Waals surface area contributed by atoms with Gasteiger partial charge < -0.3 is 10.2 Å². The molecule has 1 N–H and O–H groups in total. The normalized spacial score (nSPS) is 26.2. The van der Waals surface area contributed by atoms with Crippen LogP contribution in [0.15, 0.2) is 12.1 Å². The molecule has 0 aliphatic carbocycles. The van der Waals surface area contributed by atoms with Gasteiger partial charge in [-0.05, 0) is 24.6 Å². The summed E-state index contributed by atoms with van der Waals surface area (Å²) in [6.45, 7) is 2.03. The second-order valence-electron chi connectivity index (χ2n) is 4.90. The number of nitriles is 1. The third-order valence-corrected chi connectivity index (χ3v) is 3.98. The number of hydrogen-bond donors (Lipinski definition) is 1. The van der Waals surface area contributed by atoms with Crippen LogP contribution in [0.2, 0.25) is 0 Å². The SMILES string of the molecule is [B]c1cc(C#N)c2c(c1)[C@@H]1CNCC[C@@H]1N2C. The van der Waals surface area contributed by atoms with E-state index in [1.165, 1.54) is 5.56 Å². The fourth-order valence-electron chi connectivity index (χ4n) is 3.23. The molecular formula is C13H14BN3. The Bertz CT molecular complexity index is 506. The van der Waals surface area contributed by atoms with Gasteiger partial charge in [-0.3, -0.25) is 0 Å². The van der Waals surface area contributed by atoms with E-state index < -0.39 is 0 Å². The Labute approximate surface area is 103 Å². The van der Waals surface area contributed by atoms with Crippen LogP contribution in [0, 0.1) is 11.3 Å². The predicted octanol–water partition coefficient (Wildman–Crippen LogP) is 0.247. The molecule has 0 bridgehead atoms. The maximum absolute atomic E-state index is 9.23. The summed E-state index contributed by atoms with van der Waals surface area (Å²) >= 11 is 0. The lowest BCUT2D eigenvalue weighted by Crippen LogP contribution is -2.42. The maximum Gasteiger partial charge on any atom is 0.113 e. The minimum absolute atomic E-state index is 0.472. The smallest absolute Gasteiger partial charge is 0.113 e. The third kappa shape index (κ3) is 1.46. The molecule has 84 valence electrons. The molecule has 3 rings (SSSR count). The molecule has 0 unspecified atom stereocenters. The van der Waals surface area contributed by atoms with Gasteiger partial charge >= 0.3 is 0 Å². The molecule has 1 aromatic rings. The van der Waals surface area contributed by atoms with Crippen LogP contribution >= 0.6 is 0 Å². The molecule has 3 nitrogen and oxygen atoms in total. The van der Waals surface area contributed by atoms with Crippen molar-refractivity contribution in [3.05, 3.63) is 23.3 Å². The fourth-order valence-corrected chi connectivity index (χ4v) is 3.23. The van der Waals surface area contributed by atoms with Gasteiger partial charge in [-0.1, -0.05) is 11.5 Å². The lowest BCUT2D eigenvalue weighted by molar-refractivity contribution is 0.413. The number of likely N-dealkylation sites (N-methyl/N-ethyl adjacent to an activating group) is 1. The van der Waals surface area contributed by atoms with E-state index in [0.29, 0.717) is 23.0 Å². The first-order chi connectivity index (χ1) is 8.22. The largest absolute Gasteiger partial charge is 0.370 e. The average Bonchev–Trinajstić information content (AvgIpc) is 2.63. The lowest BCUT2D eigenvalue weighted by Gasteiger charge is -2.31. The predicted molar refractivity (Wildman–Crippen MR) is 69.0 cm³/mol. The number of nitrogens with one attached hydrogen (secondary N) is 1. The number of nitrogens with zero attached hydrogens (tertiary/aromatic N) is 2. The zero-order valence-corrected chi connectivity index (χ0v) is 9.90. The Morgan fingerprint density at radius 2 is 2.35 bits per heavy atom. The molecule has 0 spiro atoms. The van der Waals surface area contributed by atoms with Crippen molar-refractivity contribution < 1.29 is 0 Å². The van der Waals surface area contributed by atoms with Crippen molar-refractivity contribution in [2.24, 2.45) is 0 Å². The van der Waals surface area contributed by atoms with Gasteiger partial charge in [-0.2, -0.15) is 5.26 Å². The standard InChI is InChI=1S/C13H14BN3/c1-17-12-2-3-16-7-11(12)10-5-9(14)4-8(6-15)13(10)17/h4-5,11-12,16H,2-3,7H2,1H3/t11-,12-/m0/s1. The van der Waals surface area contributed by atoms with Gasteiger partial charge in [0.1, 0.15) is 13.9 Å². The molecule has 2 aliphatic rings. The van der Waals surface area contributed by atoms with Crippen LogP contribution in [0.25, 0.3) is 0 Å². The maximum atomic E-state index is 9.23. The van der Waals surface area contributed by atoms with Gasteiger partial charge in [0.25, 0.3) is 0 Å². The first kappa shape index (κ1) is 10.7. The Balaban J connectivity index is 2.17. The van der Waals surface area contributed by atoms with Crippen molar-refractivity contribution in [2.75, 3.05) is 25.0 Å². The molecule has 17 heavy (non-hydrogen) atoms. The number of benzene rings is 1. The number of piperidine rings is 1. The summed E-state index contributed by atoms with van der Waals surface area (Å²) in [4.78, 5) is 2.26. The molecule has 1 saturated heterocycles. The first-order valence-electron chi connectivity index (χ1n) is 5.99. The molecule has 2 aliphatic heterocycles. The van der Waals surface area contributed by atoms with Crippen molar-refractivity contribution in [1.82, 2.24) is 5.32 Å². The molecule has 0 saturated carbocycles. The second kappa shape index (κ2) is 3.78. The number of rotatable bonds is 0. The van der Waals surface area contributed by atoms with Crippen molar-refractivity contribution in [1.29, 1.82) is 5.26 Å². The topological polar surface area (TPSA) is 39.1 Å². The average molecular weight is 223 g/mol. The summed E-state index contributed by atoms with van der Waals surface area (Å²) in [7, 11) is 7.97. The van der Waals surface area contributed by atoms with E-state index in [0.717, 1.165) is 25.2 Å². The summed E-state index contributed by atoms with van der Waals surface area (Å²) in [5, 5.41) is 12.7. The second-order valence-corrected chi connectivity index (χ2v) is 4.90. The van der Waals surface area contributed by atoms with Crippen LogP contribution < -0.4 is 15.7 Å². The van der Waals surface area contributed by atoms with Crippen LogP contribution in [-0.2, 0) is 0 Å². The zero-order chi connectivity index (χ0) is 12.0. The van der Waals surface area contributed by atoms with Gasteiger partial charge in [0, 0.05) is 25.6 Å². The minimum atomic E-state index is 0.472. The summed E-state index contributed by atoms with van der Waals surface area (Å²) in [6.07, 6.45) is 1.13. The van der Waals surface area contributed by atoms with E-state index in [4.69, 9.17) is 7.85 Å². The molecule has 2 heterocycles. The van der Waals surface area contributed by atoms with Gasteiger partial charge in [0.2, 0.25) is 0 Å². The Hall–Kier alpha value is -1.47. The van der Waals surface area contributed by atoms with E-state index in [1.54, 1.807) is 6.07 Å². The van der Waals surface area contributed by atoms with Gasteiger partial charge in [-0.25, -0.2) is 0 Å². The van der Waals surface area contributed by atoms with Crippen molar-refractivity contribution in [3.8, 4) is 6.07 Å². The number of anilines is 1. The molecule has 1 aromatic carbocycles. The molecule has 2 atom stereocenters. The highest BCUT2D eigenvalue weighted by atomic mass is 15.2. The molecule has 2 radical (unpaired) electrons. The first-order valence-corrected chi connectivity index (χ1v) is 5.99. The van der Waals surface area contributed by atoms with E-state index in [1.807, 2.05) is 6.07 Å². The molecule has 1 fully saturated rings. The Morgan fingerprint density at radius 1 is 1.53 bits per heavy atom. The van der Waals surface area contributed by atoms with Gasteiger partial charge in [0.15, 0.2) is 0 Å². The molecule has 0 amide bonds. The summed E-state index contributed by atoms with van der Waals surface area (Å²) in [6, 6.07) is 6.59. The Morgan fingerprint density at radius 3 is 3.12 bits per heavy atom. The minimum Gasteiger partial charge on any atom is -0.370 e. The summed E-state index contributed by atoms with van der Waals surface area (Å²) < 4.78 is 0. The fraction of sp³-hybridized carbons (Fsp3) is 0.462. The number of hydrogen-bond acceptors (Lipinski definition) is 3. The number of fused-ring (bicyclic) bond motifs is 3. The van der Waals surface area contributed by atoms with Crippen LogP contribution in [0.3, 0.4) is 0 Å². The van der Waals surface area contributed by atoms with Crippen LogP contribution in [0.5, 0.6) is 0 Å². The highest BCUT2D eigenvalue weighted by Gasteiger charge is 2.39. The third-order valence-electron chi connectivity index (χ3n) is 3.98. The van der Waals surface area contributed by atoms with E-state index >= 15 is 0 Å². The molecular weight excluding hydrogens is 209 g/mol. The van der Waals surface area contributed by atoms with Crippen LogP contribution in [0.4, 0.5) is 5.69 Å². The highest BCUT2D eigenvalue weighted by Crippen LogP contribution is 2.43. The van der Waals surface area contributed by atoms with Crippen molar-refractivity contribution in [3.63, 3.8) is 0 Å². The van der Waals surface area contributed by atoms with E-state index in [9.17, 15) is 5.26 Å². The van der Waals surface area contributed by atoms with E-state index in [-0.39, 0.29) is 0 Å². The van der Waals surface area contributed by atoms with Crippen molar-refractivity contribution in [2.45, 2.75) is 18.4 Å². The van der Waals surface area contributed by atoms with Crippen LogP contribution in [0.1, 0.15) is 23.5 Å². The lowest BCUT2D eigenvalue weighted by atomic mass is 9.85. The van der Waals surface area contributed by atoms with E-state index in [2.05, 4.69) is 23.3 Å². The van der Waals surface area contributed by atoms with Gasteiger partial charge in [-0.15, -0.1) is 0 Å². The highest BCUT2D eigenvalue weighted by molar-refractivity contribution is 6.32. The van der Waals surface area contributed by atoms with Gasteiger partial charge in [0.05, 0.1) is 11.3 Å². The summed E-state index contributed by atoms with van der Waals surface area (Å²) in [5.74, 6) is 0.472. The quantitative estimate of drug-likeness (QED) is 0.640. The zero-order valence-electron chi connectivity index (χ0n) is 9.90. The monoisotopic (exact) mass is 223 g/mol. The summed E-state index contributed by atoms with van der Waals surface area (Å²) in [5.41, 5.74) is 3.72. The molecule has 0 aromatic heterocycles. The van der Waals surface area contributed by atoms with Crippen LogP contribution in [-0.4, -0.2) is 34.0 Å². The van der Waals surface area contributed by atoms with Crippen molar-refractivity contribution >= 4 is 19.0 Å². The molecule has 4 heteroatoms.